The third kappa shape index (κ3) is 3.12. The molecule has 11 heteroatoms. The number of nitrogens with one attached hydrogen (secondary N) is 1. The van der Waals surface area contributed by atoms with Crippen LogP contribution < -0.4 is 11.1 Å². The van der Waals surface area contributed by atoms with Gasteiger partial charge in [0.1, 0.15) is 0 Å². The molecule has 1 aliphatic heterocycles. The smallest absolute Gasteiger partial charge is 0.272 e. The maximum absolute atomic E-state index is 12.5. The van der Waals surface area contributed by atoms with Crippen LogP contribution >= 0.6 is 11.3 Å². The minimum atomic E-state index is -3.77. The minimum Gasteiger partial charge on any atom is -0.378 e. The Kier molecular flexibility index (Phi) is 4.65. The molecule has 3 N–H and O–H groups in total. The molecule has 0 radical (unpaired) electrons. The summed E-state index contributed by atoms with van der Waals surface area (Å²) < 4.78 is 31.3. The quantitative estimate of drug-likeness (QED) is 0.670. The average Bonchev–Trinajstić information content (AvgIpc) is 2.87. The molecule has 0 aromatic carbocycles. The van der Waals surface area contributed by atoms with Gasteiger partial charge in [0, 0.05) is 20.0 Å². The number of amides is 1. The Morgan fingerprint density at radius 1 is 1.60 bits per heavy atom. The Hall–Kier alpha value is -1.14. The highest BCUT2D eigenvalue weighted by molar-refractivity contribution is 7.91. The minimum absolute atomic E-state index is 0.147. The highest BCUT2D eigenvalue weighted by atomic mass is 32.2. The van der Waals surface area contributed by atoms with E-state index in [-0.39, 0.29) is 35.1 Å². The number of carbonyl (C=O) groups excluding carboxylic acids is 1. The molecule has 1 aromatic heterocycles. The van der Waals surface area contributed by atoms with Crippen molar-refractivity contribution >= 4 is 32.4 Å². The first kappa shape index (κ1) is 15.3. The van der Waals surface area contributed by atoms with Crippen molar-refractivity contribution in [3.63, 3.8) is 0 Å². The van der Waals surface area contributed by atoms with Crippen LogP contribution in [-0.2, 0) is 19.6 Å². The summed E-state index contributed by atoms with van der Waals surface area (Å²) in [6, 6.07) is -0.415. The van der Waals surface area contributed by atoms with Gasteiger partial charge < -0.3 is 15.8 Å². The third-order valence-corrected chi connectivity index (χ3v) is 5.80. The van der Waals surface area contributed by atoms with Gasteiger partial charge in [-0.1, -0.05) is 11.3 Å². The fourth-order valence-corrected chi connectivity index (χ4v) is 4.42. The van der Waals surface area contributed by atoms with Crippen molar-refractivity contribution in [2.24, 2.45) is 5.73 Å². The second kappa shape index (κ2) is 6.10. The normalized spacial score (nSPS) is 20.8. The predicted molar refractivity (Wildman–Crippen MR) is 71.8 cm³/mol. The highest BCUT2D eigenvalue weighted by Gasteiger charge is 2.35. The number of hydrogen-bond acceptors (Lipinski definition) is 8. The van der Waals surface area contributed by atoms with Crippen molar-refractivity contribution < 1.29 is 17.9 Å². The fraction of sp³-hybridized carbons (Fsp3) is 0.667. The van der Waals surface area contributed by atoms with Gasteiger partial charge in [-0.2, -0.15) is 4.31 Å². The molecule has 0 saturated carbocycles. The number of carbonyl (C=O) groups is 1. The maximum Gasteiger partial charge on any atom is 0.272 e. The molecule has 1 amide bonds. The van der Waals surface area contributed by atoms with Crippen LogP contribution in [0.3, 0.4) is 0 Å². The van der Waals surface area contributed by atoms with Gasteiger partial charge in [-0.3, -0.25) is 4.79 Å². The molecule has 112 valence electrons. The molecule has 1 aromatic rings. The SMILES string of the molecule is CC(=O)Nc1nnc(S(=O)(=O)N2CCOCC2CN)s1. The summed E-state index contributed by atoms with van der Waals surface area (Å²) in [5, 5.41) is 9.81. The lowest BCUT2D eigenvalue weighted by atomic mass is 10.3. The van der Waals surface area contributed by atoms with Crippen molar-refractivity contribution in [1.29, 1.82) is 0 Å². The number of sulfonamides is 1. The van der Waals surface area contributed by atoms with Crippen molar-refractivity contribution in [1.82, 2.24) is 14.5 Å². The van der Waals surface area contributed by atoms with Crippen molar-refractivity contribution in [3.05, 3.63) is 0 Å². The molecule has 0 bridgehead atoms. The van der Waals surface area contributed by atoms with Crippen molar-refractivity contribution in [3.8, 4) is 0 Å². The van der Waals surface area contributed by atoms with E-state index in [4.69, 9.17) is 10.5 Å². The molecule has 1 atom stereocenters. The van der Waals surface area contributed by atoms with E-state index >= 15 is 0 Å². The van der Waals surface area contributed by atoms with E-state index < -0.39 is 16.1 Å². The number of nitrogens with zero attached hydrogens (tertiary/aromatic N) is 3. The lowest BCUT2D eigenvalue weighted by molar-refractivity contribution is -0.114. The van der Waals surface area contributed by atoms with Crippen LogP contribution in [0.25, 0.3) is 0 Å². The molecule has 2 rings (SSSR count). The van der Waals surface area contributed by atoms with Crippen LogP contribution in [0.15, 0.2) is 4.34 Å². The Labute approximate surface area is 120 Å². The topological polar surface area (TPSA) is 128 Å². The largest absolute Gasteiger partial charge is 0.378 e. The Bertz CT molecular complexity index is 587. The zero-order chi connectivity index (χ0) is 14.8. The summed E-state index contributed by atoms with van der Waals surface area (Å²) in [7, 11) is -3.77. The maximum atomic E-state index is 12.5. The number of nitrogens with two attached hydrogens (primary N) is 1. The first-order valence-electron chi connectivity index (χ1n) is 5.86. The van der Waals surface area contributed by atoms with Gasteiger partial charge in [-0.15, -0.1) is 10.2 Å². The van der Waals surface area contributed by atoms with Crippen molar-refractivity contribution in [2.75, 3.05) is 31.6 Å². The van der Waals surface area contributed by atoms with E-state index in [1.807, 2.05) is 0 Å². The molecule has 20 heavy (non-hydrogen) atoms. The summed E-state index contributed by atoms with van der Waals surface area (Å²) in [5.41, 5.74) is 5.56. The Balaban J connectivity index is 2.24. The number of rotatable bonds is 4. The average molecular weight is 321 g/mol. The van der Waals surface area contributed by atoms with Crippen LogP contribution in [0.4, 0.5) is 5.13 Å². The van der Waals surface area contributed by atoms with Gasteiger partial charge >= 0.3 is 0 Å². The Morgan fingerprint density at radius 3 is 3.00 bits per heavy atom. The molecule has 1 fully saturated rings. The number of anilines is 1. The number of aromatic nitrogens is 2. The molecule has 1 unspecified atom stereocenters. The predicted octanol–water partition coefficient (Wildman–Crippen LogP) is -1.16. The lowest BCUT2D eigenvalue weighted by Crippen LogP contribution is -2.51. The first-order valence-corrected chi connectivity index (χ1v) is 8.11. The van der Waals surface area contributed by atoms with E-state index in [0.29, 0.717) is 6.61 Å². The van der Waals surface area contributed by atoms with Crippen LogP contribution in [0.2, 0.25) is 0 Å². The van der Waals surface area contributed by atoms with Gasteiger partial charge in [-0.25, -0.2) is 8.42 Å². The van der Waals surface area contributed by atoms with E-state index in [1.54, 1.807) is 0 Å². The summed E-state index contributed by atoms with van der Waals surface area (Å²) in [6.07, 6.45) is 0. The second-order valence-electron chi connectivity index (χ2n) is 4.13. The standard InChI is InChI=1S/C9H15N5O4S2/c1-6(15)11-8-12-13-9(19-8)20(16,17)14-2-3-18-5-7(14)4-10/h7H,2-5,10H2,1H3,(H,11,12,15). The second-order valence-corrected chi connectivity index (χ2v) is 7.18. The number of hydrogen-bond donors (Lipinski definition) is 2. The molecule has 2 heterocycles. The molecule has 1 saturated heterocycles. The van der Waals surface area contributed by atoms with Gasteiger partial charge in [0.15, 0.2) is 0 Å². The van der Waals surface area contributed by atoms with Gasteiger partial charge in [0.25, 0.3) is 10.0 Å². The van der Waals surface area contributed by atoms with Crippen LogP contribution in [0, 0.1) is 0 Å². The third-order valence-electron chi connectivity index (χ3n) is 2.66. The molecule has 1 aliphatic rings. The van der Waals surface area contributed by atoms with Gasteiger partial charge in [-0.05, 0) is 0 Å². The molecular weight excluding hydrogens is 306 g/mol. The number of morpholine rings is 1. The fourth-order valence-electron chi connectivity index (χ4n) is 1.76. The molecular formula is C9H15N5O4S2. The van der Waals surface area contributed by atoms with Gasteiger partial charge in [0.2, 0.25) is 15.4 Å². The van der Waals surface area contributed by atoms with Crippen LogP contribution in [-0.4, -0.2) is 61.2 Å². The van der Waals surface area contributed by atoms with E-state index in [1.165, 1.54) is 11.2 Å². The number of ether oxygens (including phenoxy) is 1. The summed E-state index contributed by atoms with van der Waals surface area (Å²) >= 11 is 0.809. The van der Waals surface area contributed by atoms with E-state index in [9.17, 15) is 13.2 Å². The van der Waals surface area contributed by atoms with Gasteiger partial charge in [0.05, 0.1) is 19.3 Å². The van der Waals surface area contributed by atoms with E-state index in [0.717, 1.165) is 11.3 Å². The van der Waals surface area contributed by atoms with Crippen LogP contribution in [0.5, 0.6) is 0 Å². The highest BCUT2D eigenvalue weighted by Crippen LogP contribution is 2.25. The summed E-state index contributed by atoms with van der Waals surface area (Å²) in [5.74, 6) is -0.337. The Morgan fingerprint density at radius 2 is 2.35 bits per heavy atom. The van der Waals surface area contributed by atoms with Crippen molar-refractivity contribution in [2.45, 2.75) is 17.3 Å². The molecule has 0 aliphatic carbocycles. The zero-order valence-electron chi connectivity index (χ0n) is 10.8. The zero-order valence-corrected chi connectivity index (χ0v) is 12.4. The summed E-state index contributed by atoms with van der Waals surface area (Å²) in [4.78, 5) is 10.9. The molecule has 0 spiro atoms. The lowest BCUT2D eigenvalue weighted by Gasteiger charge is -2.32. The van der Waals surface area contributed by atoms with E-state index in [2.05, 4.69) is 15.5 Å². The first-order chi connectivity index (χ1) is 9.45. The van der Waals surface area contributed by atoms with Crippen LogP contribution in [0.1, 0.15) is 6.92 Å². The monoisotopic (exact) mass is 321 g/mol. The summed E-state index contributed by atoms with van der Waals surface area (Å²) in [6.45, 7) is 2.26. The molecule has 9 nitrogen and oxygen atoms in total.